The molecule has 0 aliphatic heterocycles. The Morgan fingerprint density at radius 3 is 2.93 bits per heavy atom. The lowest BCUT2D eigenvalue weighted by atomic mass is 9.96. The van der Waals surface area contributed by atoms with Crippen molar-refractivity contribution in [1.82, 2.24) is 4.98 Å². The van der Waals surface area contributed by atoms with Crippen molar-refractivity contribution in [2.45, 2.75) is 19.3 Å². The largest absolute Gasteiger partial charge is 0.373 e. The number of ketones is 1. The maximum atomic E-state index is 15.2. The lowest BCUT2D eigenvalue weighted by Gasteiger charge is -2.12. The molecular weight excluding hydrogens is 453 g/mol. The van der Waals surface area contributed by atoms with Gasteiger partial charge in [-0.05, 0) is 42.5 Å². The number of fused-ring (bicyclic) bond motifs is 1. The van der Waals surface area contributed by atoms with Gasteiger partial charge in [0.25, 0.3) is 0 Å². The molecule has 27 heavy (non-hydrogen) atoms. The highest BCUT2D eigenvalue weighted by Gasteiger charge is 2.24. The molecule has 3 aromatic rings. The molecule has 1 aliphatic rings. The summed E-state index contributed by atoms with van der Waals surface area (Å²) in [5.41, 5.74) is 3.29. The van der Waals surface area contributed by atoms with E-state index < -0.39 is 5.82 Å². The van der Waals surface area contributed by atoms with Gasteiger partial charge in [-0.25, -0.2) is 9.37 Å². The number of aromatic nitrogens is 1. The number of carbonyl (C=O) groups excluding carboxylic acids is 1. The van der Waals surface area contributed by atoms with E-state index in [-0.39, 0.29) is 18.8 Å². The van der Waals surface area contributed by atoms with Crippen LogP contribution < -0.4 is 0 Å². The summed E-state index contributed by atoms with van der Waals surface area (Å²) in [5, 5.41) is 0.519. The smallest absolute Gasteiger partial charge is 0.188 e. The summed E-state index contributed by atoms with van der Waals surface area (Å²) in [4.78, 5) is 16.9. The summed E-state index contributed by atoms with van der Waals surface area (Å²) in [6, 6.07) is 7.16. The normalized spacial score (nSPS) is 14.0. The average Bonchev–Trinajstić information content (AvgIpc) is 3.33. The summed E-state index contributed by atoms with van der Waals surface area (Å²) in [5.74, 6) is -0.106. The van der Waals surface area contributed by atoms with Crippen LogP contribution in [0.4, 0.5) is 4.39 Å². The molecule has 0 atom stereocenters. The van der Waals surface area contributed by atoms with E-state index >= 15 is 4.39 Å². The molecule has 4 rings (SSSR count). The predicted octanol–water partition coefficient (Wildman–Crippen LogP) is 6.05. The van der Waals surface area contributed by atoms with Crippen LogP contribution in [0.25, 0.3) is 10.2 Å². The molecule has 1 fully saturated rings. The Morgan fingerprint density at radius 2 is 2.19 bits per heavy atom. The summed E-state index contributed by atoms with van der Waals surface area (Å²) >= 11 is 11.0. The third-order valence-electron chi connectivity index (χ3n) is 4.63. The second-order valence-electron chi connectivity index (χ2n) is 6.71. The van der Waals surface area contributed by atoms with Gasteiger partial charge >= 0.3 is 0 Å². The minimum Gasteiger partial charge on any atom is -0.373 e. The Morgan fingerprint density at radius 1 is 1.37 bits per heavy atom. The molecule has 0 spiro atoms. The van der Waals surface area contributed by atoms with Crippen molar-refractivity contribution in [2.24, 2.45) is 5.92 Å². The molecule has 0 amide bonds. The zero-order chi connectivity index (χ0) is 19.0. The highest BCUT2D eigenvalue weighted by molar-refractivity contribution is 9.10. The number of hydrogen-bond acceptors (Lipinski definition) is 4. The maximum Gasteiger partial charge on any atom is 0.188 e. The predicted molar refractivity (Wildman–Crippen MR) is 109 cm³/mol. The van der Waals surface area contributed by atoms with Crippen LogP contribution in [0.2, 0.25) is 5.02 Å². The van der Waals surface area contributed by atoms with Crippen LogP contribution in [0.1, 0.15) is 34.3 Å². The van der Waals surface area contributed by atoms with Crippen LogP contribution >= 0.6 is 38.9 Å². The molecule has 140 valence electrons. The van der Waals surface area contributed by atoms with E-state index in [9.17, 15) is 4.79 Å². The summed E-state index contributed by atoms with van der Waals surface area (Å²) in [7, 11) is 0. The van der Waals surface area contributed by atoms with Crippen molar-refractivity contribution in [2.75, 3.05) is 13.2 Å². The molecule has 0 unspecified atom stereocenters. The number of ether oxygens (including phenoxy) is 1. The highest BCUT2D eigenvalue weighted by atomic mass is 79.9. The molecule has 0 bridgehead atoms. The lowest BCUT2D eigenvalue weighted by Crippen LogP contribution is -2.14. The molecule has 3 nitrogen and oxygen atoms in total. The number of thiazole rings is 1. The van der Waals surface area contributed by atoms with Gasteiger partial charge in [-0.2, -0.15) is 0 Å². The third-order valence-corrected chi connectivity index (χ3v) is 6.26. The van der Waals surface area contributed by atoms with Crippen LogP contribution in [0.15, 0.2) is 34.2 Å². The van der Waals surface area contributed by atoms with Crippen molar-refractivity contribution >= 4 is 54.9 Å². The molecule has 1 heterocycles. The topological polar surface area (TPSA) is 39.2 Å². The minimum atomic E-state index is -0.460. The number of rotatable bonds is 7. The quantitative estimate of drug-likeness (QED) is 0.396. The summed E-state index contributed by atoms with van der Waals surface area (Å²) < 4.78 is 22.2. The molecular formula is C20H16BrClFNO2S. The van der Waals surface area contributed by atoms with Gasteiger partial charge in [0, 0.05) is 27.0 Å². The van der Waals surface area contributed by atoms with Gasteiger partial charge < -0.3 is 4.74 Å². The van der Waals surface area contributed by atoms with Crippen LogP contribution in [0.5, 0.6) is 0 Å². The first-order valence-corrected chi connectivity index (χ1v) is 10.7. The van der Waals surface area contributed by atoms with E-state index in [4.69, 9.17) is 16.3 Å². The Hall–Kier alpha value is -1.34. The number of halogens is 3. The number of nitrogens with zero attached hydrogens (tertiary/aromatic N) is 1. The number of hydrogen-bond donors (Lipinski definition) is 0. The van der Waals surface area contributed by atoms with Gasteiger partial charge in [-0.3, -0.25) is 4.79 Å². The van der Waals surface area contributed by atoms with Crippen molar-refractivity contribution in [3.05, 3.63) is 61.8 Å². The first-order valence-electron chi connectivity index (χ1n) is 8.62. The molecule has 0 N–H and O–H groups in total. The van der Waals surface area contributed by atoms with Crippen LogP contribution in [-0.2, 0) is 11.2 Å². The van der Waals surface area contributed by atoms with Crippen molar-refractivity contribution in [3.8, 4) is 0 Å². The molecule has 0 radical (unpaired) electrons. The fourth-order valence-corrected chi connectivity index (χ4v) is 4.41. The van der Waals surface area contributed by atoms with E-state index in [2.05, 4.69) is 20.9 Å². The number of carbonyl (C=O) groups is 1. The van der Waals surface area contributed by atoms with Gasteiger partial charge in [0.1, 0.15) is 12.1 Å². The zero-order valence-corrected chi connectivity index (χ0v) is 17.5. The van der Waals surface area contributed by atoms with Crippen LogP contribution in [-0.4, -0.2) is 24.0 Å². The van der Waals surface area contributed by atoms with E-state index in [1.54, 1.807) is 17.6 Å². The van der Waals surface area contributed by atoms with E-state index in [0.29, 0.717) is 38.9 Å². The summed E-state index contributed by atoms with van der Waals surface area (Å²) in [6.07, 6.45) is 2.53. The molecule has 0 saturated heterocycles. The second kappa shape index (κ2) is 7.95. The maximum absolute atomic E-state index is 15.2. The SMILES string of the molecule is O=C(COCC1CC1)c1cc2scnc2c(F)c1Cc1ccc(Br)cc1Cl. The zero-order valence-electron chi connectivity index (χ0n) is 14.3. The van der Waals surface area contributed by atoms with Crippen LogP contribution in [0.3, 0.4) is 0 Å². The van der Waals surface area contributed by atoms with Gasteiger partial charge in [0.2, 0.25) is 0 Å². The standard InChI is InChI=1S/C20H16BrClFNO2S/c21-13-4-3-12(16(22)6-13)5-15-14(17(25)9-26-8-11-1-2-11)7-18-20(19(15)23)24-10-27-18/h3-4,6-7,10-11H,1-2,5,8-9H2. The van der Waals surface area contributed by atoms with E-state index in [1.165, 1.54) is 11.3 Å². The Kier molecular flexibility index (Phi) is 5.60. The molecule has 2 aromatic carbocycles. The summed E-state index contributed by atoms with van der Waals surface area (Å²) in [6.45, 7) is 0.548. The molecule has 1 aromatic heterocycles. The Balaban J connectivity index is 1.69. The van der Waals surface area contributed by atoms with Crippen LogP contribution in [0, 0.1) is 11.7 Å². The molecule has 7 heteroatoms. The highest BCUT2D eigenvalue weighted by Crippen LogP contribution is 2.32. The molecule has 1 saturated carbocycles. The van der Waals surface area contributed by atoms with Crippen molar-refractivity contribution in [3.63, 3.8) is 0 Å². The monoisotopic (exact) mass is 467 g/mol. The van der Waals surface area contributed by atoms with E-state index in [1.807, 2.05) is 12.1 Å². The lowest BCUT2D eigenvalue weighted by molar-refractivity contribution is 0.0739. The first-order chi connectivity index (χ1) is 13.0. The van der Waals surface area contributed by atoms with Gasteiger partial charge in [0.15, 0.2) is 11.6 Å². The fraction of sp³-hybridized carbons (Fsp3) is 0.300. The number of benzene rings is 2. The van der Waals surface area contributed by atoms with E-state index in [0.717, 1.165) is 22.9 Å². The van der Waals surface area contributed by atoms with Gasteiger partial charge in [-0.1, -0.05) is 33.6 Å². The van der Waals surface area contributed by atoms with Crippen molar-refractivity contribution < 1.29 is 13.9 Å². The Labute approximate surface area is 173 Å². The third kappa shape index (κ3) is 4.24. The van der Waals surface area contributed by atoms with Crippen molar-refractivity contribution in [1.29, 1.82) is 0 Å². The fourth-order valence-electron chi connectivity index (χ4n) is 2.96. The Bertz CT molecular complexity index is 1020. The first kappa shape index (κ1) is 19.0. The average molecular weight is 469 g/mol. The van der Waals surface area contributed by atoms with Gasteiger partial charge in [-0.15, -0.1) is 11.3 Å². The number of Topliss-reactive ketones (excluding diaryl/α,β-unsaturated/α-hetero) is 1. The van der Waals surface area contributed by atoms with Gasteiger partial charge in [0.05, 0.1) is 16.8 Å². The second-order valence-corrected chi connectivity index (χ2v) is 8.92. The molecule has 1 aliphatic carbocycles. The minimum absolute atomic E-state index is 0.0404.